The van der Waals surface area contributed by atoms with Crippen molar-refractivity contribution in [1.82, 2.24) is 5.32 Å². The van der Waals surface area contributed by atoms with Crippen LogP contribution in [0.25, 0.3) is 0 Å². The minimum atomic E-state index is -2.89. The monoisotopic (exact) mass is 311 g/mol. The van der Waals surface area contributed by atoms with Gasteiger partial charge in [0.2, 0.25) is 0 Å². The highest BCUT2D eigenvalue weighted by atomic mass is 32.2. The van der Waals surface area contributed by atoms with Crippen molar-refractivity contribution < 1.29 is 17.9 Å². The molecule has 0 spiro atoms. The quantitative estimate of drug-likeness (QED) is 0.920. The van der Waals surface area contributed by atoms with Crippen LogP contribution in [0.2, 0.25) is 0 Å². The van der Waals surface area contributed by atoms with Crippen LogP contribution in [0.15, 0.2) is 18.2 Å². The number of methoxy groups -OCH3 is 1. The molecule has 3 rings (SSSR count). The number of benzene rings is 1. The van der Waals surface area contributed by atoms with Gasteiger partial charge in [0.15, 0.2) is 9.84 Å². The molecule has 2 heterocycles. The molecule has 1 N–H and O–H groups in total. The third-order valence-corrected chi connectivity index (χ3v) is 5.98. The lowest BCUT2D eigenvalue weighted by Gasteiger charge is -2.32. The fraction of sp³-hybridized carbons (Fsp3) is 0.600. The third-order valence-electron chi connectivity index (χ3n) is 4.16. The second-order valence-corrected chi connectivity index (χ2v) is 7.94. The van der Waals surface area contributed by atoms with Gasteiger partial charge in [0.25, 0.3) is 0 Å². The molecule has 0 saturated carbocycles. The first kappa shape index (κ1) is 14.7. The maximum absolute atomic E-state index is 11.8. The van der Waals surface area contributed by atoms with Gasteiger partial charge >= 0.3 is 0 Å². The van der Waals surface area contributed by atoms with Gasteiger partial charge < -0.3 is 14.8 Å². The molecule has 5 nitrogen and oxygen atoms in total. The van der Waals surface area contributed by atoms with Crippen molar-refractivity contribution in [2.24, 2.45) is 0 Å². The second kappa shape index (κ2) is 5.85. The molecule has 1 fully saturated rings. The maximum atomic E-state index is 11.8. The van der Waals surface area contributed by atoms with Crippen LogP contribution in [0, 0.1) is 0 Å². The van der Waals surface area contributed by atoms with Crippen LogP contribution in [-0.2, 0) is 9.84 Å². The van der Waals surface area contributed by atoms with Crippen LogP contribution < -0.4 is 14.8 Å². The fourth-order valence-corrected chi connectivity index (χ4v) is 4.76. The molecule has 1 aromatic rings. The molecule has 0 aliphatic carbocycles. The number of sulfone groups is 1. The third kappa shape index (κ3) is 3.32. The minimum absolute atomic E-state index is 0.0332. The van der Waals surface area contributed by atoms with E-state index in [2.05, 4.69) is 5.32 Å². The lowest BCUT2D eigenvalue weighted by Crippen LogP contribution is -2.43. The van der Waals surface area contributed by atoms with Gasteiger partial charge in [-0.25, -0.2) is 8.42 Å². The van der Waals surface area contributed by atoms with Crippen LogP contribution in [0.3, 0.4) is 0 Å². The molecule has 0 aromatic heterocycles. The van der Waals surface area contributed by atoms with Gasteiger partial charge in [0.05, 0.1) is 25.2 Å². The van der Waals surface area contributed by atoms with Crippen molar-refractivity contribution >= 4 is 9.84 Å². The van der Waals surface area contributed by atoms with Gasteiger partial charge in [-0.15, -0.1) is 0 Å². The number of nitrogens with one attached hydrogen (secondary N) is 1. The number of hydrogen-bond acceptors (Lipinski definition) is 5. The summed E-state index contributed by atoms with van der Waals surface area (Å²) in [6.45, 7) is 0.649. The second-order valence-electron chi connectivity index (χ2n) is 5.71. The van der Waals surface area contributed by atoms with Crippen LogP contribution in [0.5, 0.6) is 11.5 Å². The number of ether oxygens (including phenoxy) is 2. The molecule has 21 heavy (non-hydrogen) atoms. The summed E-state index contributed by atoms with van der Waals surface area (Å²) in [5, 5.41) is 3.51. The van der Waals surface area contributed by atoms with E-state index in [0.29, 0.717) is 12.4 Å². The SMILES string of the molecule is COc1ccc2c(c1)C(NC1CCCS(=O)(=O)C1)CCO2. The largest absolute Gasteiger partial charge is 0.497 e. The lowest BCUT2D eigenvalue weighted by molar-refractivity contribution is 0.242. The van der Waals surface area contributed by atoms with Gasteiger partial charge in [-0.05, 0) is 31.0 Å². The van der Waals surface area contributed by atoms with E-state index >= 15 is 0 Å². The number of fused-ring (bicyclic) bond motifs is 1. The summed E-state index contributed by atoms with van der Waals surface area (Å²) < 4.78 is 34.5. The Bertz CT molecular complexity index is 614. The lowest BCUT2D eigenvalue weighted by atomic mass is 9.98. The van der Waals surface area contributed by atoms with E-state index < -0.39 is 9.84 Å². The van der Waals surface area contributed by atoms with Crippen LogP contribution in [0.1, 0.15) is 30.9 Å². The van der Waals surface area contributed by atoms with Crippen molar-refractivity contribution in [2.45, 2.75) is 31.3 Å². The summed E-state index contributed by atoms with van der Waals surface area (Å²) in [5.74, 6) is 2.22. The van der Waals surface area contributed by atoms with Crippen molar-refractivity contribution in [3.8, 4) is 11.5 Å². The molecule has 0 radical (unpaired) electrons. The Balaban J connectivity index is 1.78. The molecule has 116 valence electrons. The first-order valence-electron chi connectivity index (χ1n) is 7.34. The summed E-state index contributed by atoms with van der Waals surface area (Å²) in [6, 6.07) is 5.93. The first-order valence-corrected chi connectivity index (χ1v) is 9.17. The van der Waals surface area contributed by atoms with E-state index in [1.54, 1.807) is 7.11 Å². The van der Waals surface area contributed by atoms with Crippen LogP contribution >= 0.6 is 0 Å². The molecule has 2 aliphatic rings. The molecule has 2 unspecified atom stereocenters. The average molecular weight is 311 g/mol. The highest BCUT2D eigenvalue weighted by molar-refractivity contribution is 7.91. The van der Waals surface area contributed by atoms with Gasteiger partial charge in [-0.3, -0.25) is 0 Å². The summed E-state index contributed by atoms with van der Waals surface area (Å²) in [6.07, 6.45) is 2.50. The molecule has 2 aliphatic heterocycles. The molecule has 1 saturated heterocycles. The Labute approximate surface area is 125 Å². The zero-order chi connectivity index (χ0) is 14.9. The number of rotatable bonds is 3. The Morgan fingerprint density at radius 2 is 2.19 bits per heavy atom. The van der Waals surface area contributed by atoms with Gasteiger partial charge in [-0.2, -0.15) is 0 Å². The Morgan fingerprint density at radius 1 is 1.33 bits per heavy atom. The number of hydrogen-bond donors (Lipinski definition) is 1. The molecule has 2 atom stereocenters. The van der Waals surface area contributed by atoms with Gasteiger partial charge in [0, 0.05) is 24.1 Å². The Kier molecular flexibility index (Phi) is 4.08. The zero-order valence-corrected chi connectivity index (χ0v) is 13.0. The molecule has 0 amide bonds. The van der Waals surface area contributed by atoms with Crippen LogP contribution in [-0.4, -0.2) is 39.7 Å². The normalized spacial score (nSPS) is 27.5. The molecule has 0 bridgehead atoms. The predicted molar refractivity (Wildman–Crippen MR) is 80.7 cm³/mol. The molecular weight excluding hydrogens is 290 g/mol. The minimum Gasteiger partial charge on any atom is -0.497 e. The van der Waals surface area contributed by atoms with Gasteiger partial charge in [-0.1, -0.05) is 0 Å². The van der Waals surface area contributed by atoms with Crippen molar-refractivity contribution in [3.05, 3.63) is 23.8 Å². The highest BCUT2D eigenvalue weighted by Gasteiger charge is 2.29. The van der Waals surface area contributed by atoms with Crippen molar-refractivity contribution in [3.63, 3.8) is 0 Å². The van der Waals surface area contributed by atoms with E-state index in [0.717, 1.165) is 36.3 Å². The molecule has 6 heteroatoms. The molecular formula is C15H21NO4S. The summed E-state index contributed by atoms with van der Waals surface area (Å²) in [5.41, 5.74) is 1.06. The molecule has 1 aromatic carbocycles. The predicted octanol–water partition coefficient (Wildman–Crippen LogP) is 1.69. The summed E-state index contributed by atoms with van der Waals surface area (Å²) >= 11 is 0. The summed E-state index contributed by atoms with van der Waals surface area (Å²) in [4.78, 5) is 0. The van der Waals surface area contributed by atoms with E-state index in [4.69, 9.17) is 9.47 Å². The van der Waals surface area contributed by atoms with Crippen molar-refractivity contribution in [2.75, 3.05) is 25.2 Å². The topological polar surface area (TPSA) is 64.6 Å². The smallest absolute Gasteiger partial charge is 0.151 e. The first-order chi connectivity index (χ1) is 10.1. The van der Waals surface area contributed by atoms with Gasteiger partial charge in [0.1, 0.15) is 11.5 Å². The highest BCUT2D eigenvalue weighted by Crippen LogP contribution is 2.35. The average Bonchev–Trinajstić information content (AvgIpc) is 2.46. The Hall–Kier alpha value is -1.27. The van der Waals surface area contributed by atoms with E-state index in [-0.39, 0.29) is 17.8 Å². The van der Waals surface area contributed by atoms with E-state index in [1.807, 2.05) is 18.2 Å². The van der Waals surface area contributed by atoms with E-state index in [9.17, 15) is 8.42 Å². The summed E-state index contributed by atoms with van der Waals surface area (Å²) in [7, 11) is -1.25. The fourth-order valence-electron chi connectivity index (χ4n) is 3.11. The zero-order valence-electron chi connectivity index (χ0n) is 12.2. The standard InChI is InChI=1S/C15H21NO4S/c1-19-12-4-5-15-13(9-12)14(6-7-20-15)16-11-3-2-8-21(17,18)10-11/h4-5,9,11,14,16H,2-3,6-8,10H2,1H3. The van der Waals surface area contributed by atoms with E-state index in [1.165, 1.54) is 0 Å². The van der Waals surface area contributed by atoms with Crippen molar-refractivity contribution in [1.29, 1.82) is 0 Å². The Morgan fingerprint density at radius 3 is 2.95 bits per heavy atom. The van der Waals surface area contributed by atoms with Crippen LogP contribution in [0.4, 0.5) is 0 Å². The maximum Gasteiger partial charge on any atom is 0.151 e.